The average molecular weight is 332 g/mol. The lowest BCUT2D eigenvalue weighted by Gasteiger charge is -2.59. The molecule has 1 heterocycles. The smallest absolute Gasteiger partial charge is 0.331 e. The molecule has 4 heteroatoms. The number of fused-ring (bicyclic) bond motifs is 1. The monoisotopic (exact) mass is 332 g/mol. The van der Waals surface area contributed by atoms with E-state index in [9.17, 15) is 15.0 Å². The fraction of sp³-hybridized carbons (Fsp3) is 0.650. The van der Waals surface area contributed by atoms with Crippen LogP contribution in [0.3, 0.4) is 0 Å². The molecule has 132 valence electrons. The van der Waals surface area contributed by atoms with Crippen LogP contribution >= 0.6 is 0 Å². The molecule has 0 spiro atoms. The first-order valence-corrected chi connectivity index (χ1v) is 8.93. The van der Waals surface area contributed by atoms with Gasteiger partial charge in [-0.2, -0.15) is 0 Å². The number of aliphatic carboxylic acids is 1. The first-order valence-electron chi connectivity index (χ1n) is 8.93. The van der Waals surface area contributed by atoms with Crippen LogP contribution in [0.25, 0.3) is 0 Å². The minimum absolute atomic E-state index is 0.000208. The summed E-state index contributed by atoms with van der Waals surface area (Å²) < 4.78 is 5.18. The largest absolute Gasteiger partial charge is 0.478 e. The summed E-state index contributed by atoms with van der Waals surface area (Å²) in [6, 6.07) is 1.99. The molecule has 0 bridgehead atoms. The highest BCUT2D eigenvalue weighted by atomic mass is 16.4. The lowest BCUT2D eigenvalue weighted by atomic mass is 9.45. The van der Waals surface area contributed by atoms with Crippen LogP contribution in [0, 0.1) is 22.7 Å². The zero-order chi connectivity index (χ0) is 17.5. The van der Waals surface area contributed by atoms with Crippen LogP contribution in [0.4, 0.5) is 0 Å². The van der Waals surface area contributed by atoms with Crippen molar-refractivity contribution in [1.82, 2.24) is 0 Å². The van der Waals surface area contributed by atoms with Gasteiger partial charge in [0, 0.05) is 11.0 Å². The highest BCUT2D eigenvalue weighted by molar-refractivity contribution is 5.88. The molecule has 1 fully saturated rings. The number of carboxylic acid groups (broad SMARTS) is 1. The Labute approximate surface area is 143 Å². The summed E-state index contributed by atoms with van der Waals surface area (Å²) in [5, 5.41) is 20.5. The molecular weight excluding hydrogens is 304 g/mol. The lowest BCUT2D eigenvalue weighted by molar-refractivity contribution is -0.148. The van der Waals surface area contributed by atoms with Crippen molar-refractivity contribution >= 4 is 5.97 Å². The predicted molar refractivity (Wildman–Crippen MR) is 91.5 cm³/mol. The van der Waals surface area contributed by atoms with Crippen molar-refractivity contribution in [2.24, 2.45) is 22.7 Å². The fourth-order valence-corrected chi connectivity index (χ4v) is 5.31. The molecule has 2 aliphatic carbocycles. The normalized spacial score (nSPS) is 39.2. The third-order valence-corrected chi connectivity index (χ3v) is 7.06. The molecule has 0 amide bonds. The van der Waals surface area contributed by atoms with E-state index < -0.39 is 17.5 Å². The molecular formula is C20H28O4. The Morgan fingerprint density at radius 1 is 1.42 bits per heavy atom. The quantitative estimate of drug-likeness (QED) is 0.873. The summed E-state index contributed by atoms with van der Waals surface area (Å²) in [6.45, 7) is 6.46. The van der Waals surface area contributed by atoms with Crippen molar-refractivity contribution in [1.29, 1.82) is 0 Å². The molecule has 5 atom stereocenters. The second-order valence-corrected chi connectivity index (χ2v) is 8.13. The molecule has 0 aromatic carbocycles. The topological polar surface area (TPSA) is 70.7 Å². The Balaban J connectivity index is 1.94. The number of carboxylic acids is 1. The molecule has 0 radical (unpaired) electrons. The van der Waals surface area contributed by atoms with E-state index in [0.29, 0.717) is 17.9 Å². The number of hydrogen-bond acceptors (Lipinski definition) is 3. The number of aryl methyl sites for hydroxylation is 1. The summed E-state index contributed by atoms with van der Waals surface area (Å²) in [5.74, 6) is -0.356. The molecule has 0 unspecified atom stereocenters. The van der Waals surface area contributed by atoms with Crippen LogP contribution in [-0.4, -0.2) is 22.3 Å². The third-order valence-electron chi connectivity index (χ3n) is 7.06. The zero-order valence-corrected chi connectivity index (χ0v) is 14.8. The maximum atomic E-state index is 11.8. The van der Waals surface area contributed by atoms with Gasteiger partial charge in [-0.25, -0.2) is 4.79 Å². The molecule has 0 saturated heterocycles. The van der Waals surface area contributed by atoms with Gasteiger partial charge in [0.25, 0.3) is 0 Å². The second kappa shape index (κ2) is 6.07. The van der Waals surface area contributed by atoms with E-state index in [0.717, 1.165) is 25.7 Å². The Morgan fingerprint density at radius 2 is 2.17 bits per heavy atom. The maximum Gasteiger partial charge on any atom is 0.331 e. The Kier molecular flexibility index (Phi) is 4.37. The van der Waals surface area contributed by atoms with Crippen molar-refractivity contribution < 1.29 is 19.4 Å². The van der Waals surface area contributed by atoms with E-state index in [-0.39, 0.29) is 11.3 Å². The van der Waals surface area contributed by atoms with Crippen LogP contribution in [-0.2, 0) is 11.2 Å². The van der Waals surface area contributed by atoms with Gasteiger partial charge in [0.05, 0.1) is 18.6 Å². The first-order chi connectivity index (χ1) is 11.3. The van der Waals surface area contributed by atoms with Crippen molar-refractivity contribution in [3.63, 3.8) is 0 Å². The number of aliphatic hydroxyl groups excluding tert-OH is 1. The molecule has 24 heavy (non-hydrogen) atoms. The van der Waals surface area contributed by atoms with E-state index in [4.69, 9.17) is 4.42 Å². The van der Waals surface area contributed by atoms with Gasteiger partial charge in [-0.05, 0) is 61.0 Å². The minimum Gasteiger partial charge on any atom is -0.478 e. The van der Waals surface area contributed by atoms with Gasteiger partial charge < -0.3 is 14.6 Å². The van der Waals surface area contributed by atoms with Gasteiger partial charge in [0.2, 0.25) is 0 Å². The SMILES string of the molecule is C[C@@H]1C[C@@H](O)[C@]2(C)C(C(=O)O)=CCC[C@@H]2[C@@]1(C)CCc1ccoc1. The molecule has 4 nitrogen and oxygen atoms in total. The fourth-order valence-electron chi connectivity index (χ4n) is 5.31. The number of carbonyl (C=O) groups is 1. The highest BCUT2D eigenvalue weighted by Crippen LogP contribution is 2.61. The van der Waals surface area contributed by atoms with Gasteiger partial charge in [-0.15, -0.1) is 0 Å². The number of allylic oxidation sites excluding steroid dienone is 1. The zero-order valence-electron chi connectivity index (χ0n) is 14.8. The van der Waals surface area contributed by atoms with Crippen LogP contribution in [0.2, 0.25) is 0 Å². The van der Waals surface area contributed by atoms with Crippen molar-refractivity contribution in [2.75, 3.05) is 0 Å². The Morgan fingerprint density at radius 3 is 2.79 bits per heavy atom. The summed E-state index contributed by atoms with van der Waals surface area (Å²) in [4.78, 5) is 11.8. The van der Waals surface area contributed by atoms with Crippen molar-refractivity contribution in [3.05, 3.63) is 35.8 Å². The summed E-state index contributed by atoms with van der Waals surface area (Å²) >= 11 is 0. The molecule has 2 aliphatic rings. The molecule has 1 aromatic rings. The number of hydrogen-bond donors (Lipinski definition) is 2. The van der Waals surface area contributed by atoms with Crippen molar-refractivity contribution in [3.8, 4) is 0 Å². The Hall–Kier alpha value is -1.55. The summed E-state index contributed by atoms with van der Waals surface area (Å²) in [5.41, 5.74) is 0.927. The van der Waals surface area contributed by atoms with Crippen LogP contribution in [0.1, 0.15) is 52.0 Å². The minimum atomic E-state index is -0.881. The average Bonchev–Trinajstić information content (AvgIpc) is 3.04. The van der Waals surface area contributed by atoms with Crippen molar-refractivity contribution in [2.45, 2.75) is 59.0 Å². The van der Waals surface area contributed by atoms with E-state index in [1.54, 1.807) is 12.5 Å². The highest BCUT2D eigenvalue weighted by Gasteiger charge is 2.59. The molecule has 2 N–H and O–H groups in total. The summed E-state index contributed by atoms with van der Waals surface area (Å²) in [6.07, 6.45) is 8.99. The van der Waals surface area contributed by atoms with Gasteiger partial charge >= 0.3 is 5.97 Å². The molecule has 0 aliphatic heterocycles. The second-order valence-electron chi connectivity index (χ2n) is 8.13. The molecule has 3 rings (SSSR count). The lowest BCUT2D eigenvalue weighted by Crippen LogP contribution is -2.57. The van der Waals surface area contributed by atoms with E-state index in [1.807, 2.05) is 19.1 Å². The maximum absolute atomic E-state index is 11.8. The van der Waals surface area contributed by atoms with Gasteiger partial charge in [-0.3, -0.25) is 0 Å². The van der Waals surface area contributed by atoms with E-state index in [1.165, 1.54) is 5.56 Å². The summed E-state index contributed by atoms with van der Waals surface area (Å²) in [7, 11) is 0. The standard InChI is InChI=1S/C20H28O4/c1-13-11-17(21)20(3)15(18(22)23)5-4-6-16(20)19(13,2)9-7-14-8-10-24-12-14/h5,8,10,12-13,16-17,21H,4,6-7,9,11H2,1-3H3,(H,22,23)/t13-,16-,17-,19+,20-/m1/s1. The van der Waals surface area contributed by atoms with E-state index >= 15 is 0 Å². The van der Waals surface area contributed by atoms with Gasteiger partial charge in [0.1, 0.15) is 0 Å². The van der Waals surface area contributed by atoms with Crippen LogP contribution in [0.15, 0.2) is 34.7 Å². The molecule has 1 aromatic heterocycles. The Bertz CT molecular complexity index is 632. The first kappa shape index (κ1) is 17.3. The molecule has 1 saturated carbocycles. The van der Waals surface area contributed by atoms with Gasteiger partial charge in [-0.1, -0.05) is 26.8 Å². The van der Waals surface area contributed by atoms with Gasteiger partial charge in [0.15, 0.2) is 0 Å². The van der Waals surface area contributed by atoms with E-state index in [2.05, 4.69) is 13.8 Å². The third kappa shape index (κ3) is 2.52. The number of rotatable bonds is 4. The van der Waals surface area contributed by atoms with Crippen LogP contribution < -0.4 is 0 Å². The predicted octanol–water partition coefficient (Wildman–Crippen LogP) is 4.05. The number of furan rings is 1. The van der Waals surface area contributed by atoms with Crippen LogP contribution in [0.5, 0.6) is 0 Å². The number of aliphatic hydroxyl groups is 1.